The van der Waals surface area contributed by atoms with Crippen molar-refractivity contribution in [3.05, 3.63) is 24.0 Å². The second-order valence-corrected chi connectivity index (χ2v) is 5.91. The van der Waals surface area contributed by atoms with E-state index in [4.69, 9.17) is 10.5 Å². The highest BCUT2D eigenvalue weighted by Crippen LogP contribution is 2.22. The lowest BCUT2D eigenvalue weighted by Crippen LogP contribution is -2.19. The molecule has 2 N–H and O–H groups in total. The molecule has 0 saturated heterocycles. The highest BCUT2D eigenvalue weighted by atomic mass is 16.5. The second-order valence-electron chi connectivity index (χ2n) is 5.91. The lowest BCUT2D eigenvalue weighted by molar-refractivity contribution is 0.0242. The number of imidazole rings is 1. The minimum Gasteiger partial charge on any atom is -0.399 e. The van der Waals surface area contributed by atoms with Crippen molar-refractivity contribution in [1.82, 2.24) is 9.55 Å². The standard InChI is InChI=1S/C17H25N3O/c1-2-17-19-15-12-13(18)8-9-16(15)20(17)10-11-21-14-6-4-3-5-7-14/h8-9,12,14H,2-7,10-11,18H2,1H3. The Balaban J connectivity index is 1.70. The van der Waals surface area contributed by atoms with Crippen LogP contribution in [-0.2, 0) is 17.7 Å². The van der Waals surface area contributed by atoms with Crippen LogP contribution >= 0.6 is 0 Å². The molecule has 21 heavy (non-hydrogen) atoms. The molecule has 0 bridgehead atoms. The predicted molar refractivity (Wildman–Crippen MR) is 86.3 cm³/mol. The van der Waals surface area contributed by atoms with Crippen LogP contribution < -0.4 is 5.73 Å². The molecule has 1 aliphatic rings. The Hall–Kier alpha value is -1.55. The van der Waals surface area contributed by atoms with E-state index >= 15 is 0 Å². The number of hydrogen-bond donors (Lipinski definition) is 1. The van der Waals surface area contributed by atoms with Gasteiger partial charge < -0.3 is 15.0 Å². The van der Waals surface area contributed by atoms with Crippen LogP contribution in [0.1, 0.15) is 44.9 Å². The average molecular weight is 287 g/mol. The summed E-state index contributed by atoms with van der Waals surface area (Å²) < 4.78 is 8.33. The lowest BCUT2D eigenvalue weighted by Gasteiger charge is -2.22. The smallest absolute Gasteiger partial charge is 0.109 e. The Labute approximate surface area is 126 Å². The zero-order chi connectivity index (χ0) is 14.7. The Kier molecular flexibility index (Phi) is 4.44. The van der Waals surface area contributed by atoms with Crippen molar-refractivity contribution >= 4 is 16.7 Å². The molecule has 1 aromatic carbocycles. The summed E-state index contributed by atoms with van der Waals surface area (Å²) >= 11 is 0. The Bertz CT molecular complexity index is 599. The number of benzene rings is 1. The van der Waals surface area contributed by atoms with E-state index in [1.165, 1.54) is 32.1 Å². The Morgan fingerprint density at radius 1 is 1.29 bits per heavy atom. The van der Waals surface area contributed by atoms with Crippen LogP contribution in [-0.4, -0.2) is 22.3 Å². The number of anilines is 1. The van der Waals surface area contributed by atoms with Gasteiger partial charge >= 0.3 is 0 Å². The minimum absolute atomic E-state index is 0.467. The van der Waals surface area contributed by atoms with Gasteiger partial charge in [-0.25, -0.2) is 4.98 Å². The molecule has 1 heterocycles. The van der Waals surface area contributed by atoms with E-state index in [0.29, 0.717) is 6.10 Å². The van der Waals surface area contributed by atoms with Gasteiger partial charge in [-0.15, -0.1) is 0 Å². The first-order chi connectivity index (χ1) is 10.3. The molecule has 0 unspecified atom stereocenters. The SMILES string of the molecule is CCc1nc2cc(N)ccc2n1CCOC1CCCCC1. The van der Waals surface area contributed by atoms with Crippen molar-refractivity contribution in [2.45, 2.75) is 58.1 Å². The summed E-state index contributed by atoms with van der Waals surface area (Å²) in [5.41, 5.74) is 8.77. The molecular weight excluding hydrogens is 262 g/mol. The Morgan fingerprint density at radius 3 is 2.86 bits per heavy atom. The summed E-state index contributed by atoms with van der Waals surface area (Å²) in [6, 6.07) is 5.96. The van der Waals surface area contributed by atoms with E-state index in [-0.39, 0.29) is 0 Å². The maximum Gasteiger partial charge on any atom is 0.109 e. The summed E-state index contributed by atoms with van der Waals surface area (Å²) in [5.74, 6) is 1.11. The number of aryl methyl sites for hydroxylation is 1. The highest BCUT2D eigenvalue weighted by Gasteiger charge is 2.14. The van der Waals surface area contributed by atoms with E-state index in [2.05, 4.69) is 22.5 Å². The number of nitrogen functional groups attached to an aromatic ring is 1. The van der Waals surface area contributed by atoms with Gasteiger partial charge in [0.05, 0.1) is 23.7 Å². The number of hydrogen-bond acceptors (Lipinski definition) is 3. The number of ether oxygens (including phenoxy) is 1. The van der Waals surface area contributed by atoms with Crippen LogP contribution in [0.4, 0.5) is 5.69 Å². The molecule has 1 fully saturated rings. The molecule has 0 aliphatic heterocycles. The van der Waals surface area contributed by atoms with E-state index in [0.717, 1.165) is 42.1 Å². The third-order valence-corrected chi connectivity index (χ3v) is 4.39. The molecule has 0 amide bonds. The van der Waals surface area contributed by atoms with E-state index in [1.54, 1.807) is 0 Å². The number of fused-ring (bicyclic) bond motifs is 1. The van der Waals surface area contributed by atoms with Crippen molar-refractivity contribution in [3.63, 3.8) is 0 Å². The molecule has 4 nitrogen and oxygen atoms in total. The lowest BCUT2D eigenvalue weighted by atomic mass is 9.98. The minimum atomic E-state index is 0.467. The molecular formula is C17H25N3O. The van der Waals surface area contributed by atoms with Gasteiger partial charge in [0.25, 0.3) is 0 Å². The molecule has 1 aliphatic carbocycles. The van der Waals surface area contributed by atoms with Crippen molar-refractivity contribution in [2.24, 2.45) is 0 Å². The molecule has 4 heteroatoms. The van der Waals surface area contributed by atoms with Gasteiger partial charge in [0.15, 0.2) is 0 Å². The topological polar surface area (TPSA) is 53.1 Å². The maximum atomic E-state index is 6.06. The summed E-state index contributed by atoms with van der Waals surface area (Å²) in [5, 5.41) is 0. The van der Waals surface area contributed by atoms with Gasteiger partial charge in [-0.2, -0.15) is 0 Å². The van der Waals surface area contributed by atoms with Crippen LogP contribution in [0.2, 0.25) is 0 Å². The summed E-state index contributed by atoms with van der Waals surface area (Å²) in [7, 11) is 0. The number of nitrogens with two attached hydrogens (primary N) is 1. The first-order valence-electron chi connectivity index (χ1n) is 8.14. The molecule has 0 atom stereocenters. The number of aromatic nitrogens is 2. The fourth-order valence-electron chi connectivity index (χ4n) is 3.26. The van der Waals surface area contributed by atoms with Crippen LogP contribution in [0.15, 0.2) is 18.2 Å². The molecule has 0 radical (unpaired) electrons. The zero-order valence-electron chi connectivity index (χ0n) is 12.8. The second kappa shape index (κ2) is 6.48. The van der Waals surface area contributed by atoms with Crippen molar-refractivity contribution in [1.29, 1.82) is 0 Å². The van der Waals surface area contributed by atoms with Crippen LogP contribution in [0.5, 0.6) is 0 Å². The van der Waals surface area contributed by atoms with Crippen molar-refractivity contribution in [3.8, 4) is 0 Å². The third-order valence-electron chi connectivity index (χ3n) is 4.39. The van der Waals surface area contributed by atoms with Gasteiger partial charge in [0, 0.05) is 18.7 Å². The zero-order valence-corrected chi connectivity index (χ0v) is 12.8. The van der Waals surface area contributed by atoms with Gasteiger partial charge in [-0.05, 0) is 31.0 Å². The molecule has 1 aromatic heterocycles. The van der Waals surface area contributed by atoms with Crippen LogP contribution in [0.25, 0.3) is 11.0 Å². The molecule has 2 aromatic rings. The molecule has 1 saturated carbocycles. The number of rotatable bonds is 5. The van der Waals surface area contributed by atoms with Crippen molar-refractivity contribution < 1.29 is 4.74 Å². The average Bonchev–Trinajstić information content (AvgIpc) is 2.85. The van der Waals surface area contributed by atoms with E-state index in [9.17, 15) is 0 Å². The fourth-order valence-corrected chi connectivity index (χ4v) is 3.26. The quantitative estimate of drug-likeness (QED) is 0.856. The Morgan fingerprint density at radius 2 is 2.10 bits per heavy atom. The highest BCUT2D eigenvalue weighted by molar-refractivity contribution is 5.79. The summed E-state index contributed by atoms with van der Waals surface area (Å²) in [6.07, 6.45) is 7.85. The van der Waals surface area contributed by atoms with Gasteiger partial charge in [-0.3, -0.25) is 0 Å². The molecule has 114 valence electrons. The largest absolute Gasteiger partial charge is 0.399 e. The van der Waals surface area contributed by atoms with Gasteiger partial charge in [0.2, 0.25) is 0 Å². The maximum absolute atomic E-state index is 6.06. The summed E-state index contributed by atoms with van der Waals surface area (Å²) in [4.78, 5) is 4.68. The first-order valence-corrected chi connectivity index (χ1v) is 8.14. The predicted octanol–water partition coefficient (Wildman–Crippen LogP) is 3.53. The summed E-state index contributed by atoms with van der Waals surface area (Å²) in [6.45, 7) is 3.79. The monoisotopic (exact) mass is 287 g/mol. The van der Waals surface area contributed by atoms with E-state index < -0.39 is 0 Å². The molecule has 0 spiro atoms. The van der Waals surface area contributed by atoms with Gasteiger partial charge in [0.1, 0.15) is 5.82 Å². The molecule has 3 rings (SSSR count). The third kappa shape index (κ3) is 3.21. The normalized spacial score (nSPS) is 16.6. The van der Waals surface area contributed by atoms with Crippen LogP contribution in [0.3, 0.4) is 0 Å². The van der Waals surface area contributed by atoms with Gasteiger partial charge in [-0.1, -0.05) is 26.2 Å². The van der Waals surface area contributed by atoms with E-state index in [1.807, 2.05) is 12.1 Å². The first kappa shape index (κ1) is 14.4. The van der Waals surface area contributed by atoms with Crippen molar-refractivity contribution in [2.75, 3.05) is 12.3 Å². The number of nitrogens with zero attached hydrogens (tertiary/aromatic N) is 2. The van der Waals surface area contributed by atoms with Crippen LogP contribution in [0, 0.1) is 0 Å². The fraction of sp³-hybridized carbons (Fsp3) is 0.588.